The highest BCUT2D eigenvalue weighted by molar-refractivity contribution is 6.40. The maximum absolute atomic E-state index is 12.3. The molecule has 0 fully saturated rings. The van der Waals surface area contributed by atoms with Crippen LogP contribution >= 0.6 is 0 Å². The third kappa shape index (κ3) is 4.54. The predicted molar refractivity (Wildman–Crippen MR) is 49.4 cm³/mol. The van der Waals surface area contributed by atoms with Gasteiger partial charge >= 0.3 is 13.1 Å². The van der Waals surface area contributed by atoms with Crippen molar-refractivity contribution in [3.8, 4) is 0 Å². The summed E-state index contributed by atoms with van der Waals surface area (Å²) < 4.78 is 24.6. The second-order valence-electron chi connectivity index (χ2n) is 3.37. The summed E-state index contributed by atoms with van der Waals surface area (Å²) in [5.74, 6) is -1.75. The summed E-state index contributed by atoms with van der Waals surface area (Å²) in [5, 5.41) is 25.4. The first-order chi connectivity index (χ1) is 6.80. The van der Waals surface area contributed by atoms with Crippen molar-refractivity contribution < 1.29 is 28.7 Å². The number of carbonyl (C=O) groups is 1. The average molecular weight is 225 g/mol. The molecule has 15 heavy (non-hydrogen) atoms. The van der Waals surface area contributed by atoms with Crippen molar-refractivity contribution in [2.75, 3.05) is 0 Å². The Morgan fingerprint density at radius 3 is 2.27 bits per heavy atom. The van der Waals surface area contributed by atoms with E-state index in [0.717, 1.165) is 0 Å². The molecule has 0 saturated carbocycles. The number of hydrogen-bond donors (Lipinski definition) is 4. The zero-order valence-corrected chi connectivity index (χ0v) is 8.07. The van der Waals surface area contributed by atoms with Crippen molar-refractivity contribution in [3.63, 3.8) is 0 Å². The summed E-state index contributed by atoms with van der Waals surface area (Å²) in [5.41, 5.74) is 2.48. The van der Waals surface area contributed by atoms with Gasteiger partial charge in [-0.2, -0.15) is 0 Å². The Hall–Kier alpha value is -0.725. The summed E-state index contributed by atoms with van der Waals surface area (Å²) in [6.07, 6.45) is -3.19. The van der Waals surface area contributed by atoms with E-state index in [1.165, 1.54) is 0 Å². The van der Waals surface area contributed by atoms with E-state index in [4.69, 9.17) is 20.9 Å². The van der Waals surface area contributed by atoms with Crippen LogP contribution in [0.4, 0.5) is 8.78 Å². The standard InChI is InChI=1S/C7H14BF2NO4/c9-5(10)7(11,6(12)13)3-1-2-4-8(14)15/h5,14-15H,1-4,11H2,(H,12,13)/t7-/m1/s1. The summed E-state index contributed by atoms with van der Waals surface area (Å²) in [6, 6.07) is 0. The molecule has 0 rings (SSSR count). The fourth-order valence-corrected chi connectivity index (χ4v) is 1.05. The largest absolute Gasteiger partial charge is 0.480 e. The normalized spacial score (nSPS) is 15.1. The lowest BCUT2D eigenvalue weighted by Crippen LogP contribution is -2.54. The van der Waals surface area contributed by atoms with E-state index in [1.807, 2.05) is 0 Å². The molecule has 0 aliphatic heterocycles. The van der Waals surface area contributed by atoms with Crippen LogP contribution < -0.4 is 5.73 Å². The van der Waals surface area contributed by atoms with Crippen LogP contribution in [0.5, 0.6) is 0 Å². The van der Waals surface area contributed by atoms with Gasteiger partial charge in [0.25, 0.3) is 6.43 Å². The van der Waals surface area contributed by atoms with E-state index in [0.29, 0.717) is 0 Å². The van der Waals surface area contributed by atoms with Gasteiger partial charge < -0.3 is 20.9 Å². The number of alkyl halides is 2. The fourth-order valence-electron chi connectivity index (χ4n) is 1.05. The Morgan fingerprint density at radius 2 is 1.93 bits per heavy atom. The molecule has 0 aliphatic rings. The minimum absolute atomic E-state index is 0.0128. The van der Waals surface area contributed by atoms with Gasteiger partial charge in [0.15, 0.2) is 5.54 Å². The average Bonchev–Trinajstić information content (AvgIpc) is 2.10. The van der Waals surface area contributed by atoms with Crippen molar-refractivity contribution >= 4 is 13.1 Å². The lowest BCUT2D eigenvalue weighted by molar-refractivity contribution is -0.150. The number of hydrogen-bond acceptors (Lipinski definition) is 4. The number of halogens is 2. The number of carboxylic acid groups (broad SMARTS) is 1. The maximum atomic E-state index is 12.3. The highest BCUT2D eigenvalue weighted by atomic mass is 19.3. The third-order valence-electron chi connectivity index (χ3n) is 2.09. The minimum Gasteiger partial charge on any atom is -0.480 e. The topological polar surface area (TPSA) is 104 Å². The molecule has 0 amide bonds. The molecular formula is C7H14BF2NO4. The van der Waals surface area contributed by atoms with Gasteiger partial charge in [-0.1, -0.05) is 12.8 Å². The van der Waals surface area contributed by atoms with Crippen LogP contribution in [0.1, 0.15) is 19.3 Å². The van der Waals surface area contributed by atoms with Gasteiger partial charge in [0.2, 0.25) is 0 Å². The number of carboxylic acids is 1. The predicted octanol–water partition coefficient (Wildman–Crippen LogP) is -0.323. The van der Waals surface area contributed by atoms with Gasteiger partial charge in [-0.05, 0) is 12.7 Å². The van der Waals surface area contributed by atoms with E-state index >= 15 is 0 Å². The molecule has 5 nitrogen and oxygen atoms in total. The van der Waals surface area contributed by atoms with Crippen molar-refractivity contribution in [1.29, 1.82) is 0 Å². The zero-order valence-electron chi connectivity index (χ0n) is 8.07. The molecule has 0 aromatic heterocycles. The van der Waals surface area contributed by atoms with Crippen molar-refractivity contribution in [3.05, 3.63) is 0 Å². The van der Waals surface area contributed by atoms with Crippen LogP contribution in [0, 0.1) is 0 Å². The van der Waals surface area contributed by atoms with Crippen LogP contribution in [0.2, 0.25) is 6.32 Å². The Kier molecular flexibility index (Phi) is 5.70. The van der Waals surface area contributed by atoms with Crippen molar-refractivity contribution in [2.45, 2.75) is 37.5 Å². The smallest absolute Gasteiger partial charge is 0.451 e. The van der Waals surface area contributed by atoms with Crippen LogP contribution in [-0.2, 0) is 4.79 Å². The Morgan fingerprint density at radius 1 is 1.40 bits per heavy atom. The minimum atomic E-state index is -3.14. The van der Waals surface area contributed by atoms with Crippen LogP contribution in [0.25, 0.3) is 0 Å². The monoisotopic (exact) mass is 225 g/mol. The van der Waals surface area contributed by atoms with E-state index < -0.39 is 31.5 Å². The van der Waals surface area contributed by atoms with Gasteiger partial charge in [0, 0.05) is 0 Å². The summed E-state index contributed by atoms with van der Waals surface area (Å²) in [6.45, 7) is 0. The first-order valence-corrected chi connectivity index (χ1v) is 4.47. The molecule has 0 unspecified atom stereocenters. The molecule has 0 bridgehead atoms. The number of aliphatic carboxylic acids is 1. The molecule has 1 atom stereocenters. The highest BCUT2D eigenvalue weighted by Crippen LogP contribution is 2.21. The molecule has 0 saturated heterocycles. The number of nitrogens with two attached hydrogens (primary N) is 1. The zero-order chi connectivity index (χ0) is 12.1. The van der Waals surface area contributed by atoms with Crippen LogP contribution in [0.15, 0.2) is 0 Å². The molecule has 0 aliphatic carbocycles. The second kappa shape index (κ2) is 5.99. The van der Waals surface area contributed by atoms with E-state index in [-0.39, 0.29) is 19.2 Å². The second-order valence-corrected chi connectivity index (χ2v) is 3.37. The van der Waals surface area contributed by atoms with Gasteiger partial charge in [0.05, 0.1) is 0 Å². The molecule has 0 aromatic carbocycles. The lowest BCUT2D eigenvalue weighted by Gasteiger charge is -2.23. The van der Waals surface area contributed by atoms with Gasteiger partial charge in [-0.15, -0.1) is 0 Å². The van der Waals surface area contributed by atoms with E-state index in [2.05, 4.69) is 0 Å². The van der Waals surface area contributed by atoms with Crippen molar-refractivity contribution in [1.82, 2.24) is 0 Å². The Labute approximate surface area is 86.0 Å². The molecule has 0 aromatic rings. The van der Waals surface area contributed by atoms with E-state index in [1.54, 1.807) is 0 Å². The Balaban J connectivity index is 4.04. The van der Waals surface area contributed by atoms with Gasteiger partial charge in [-0.25, -0.2) is 13.6 Å². The number of unbranched alkanes of at least 4 members (excludes halogenated alkanes) is 1. The molecular weight excluding hydrogens is 211 g/mol. The van der Waals surface area contributed by atoms with Crippen molar-refractivity contribution in [2.24, 2.45) is 5.73 Å². The molecule has 0 spiro atoms. The Bertz CT molecular complexity index is 217. The third-order valence-corrected chi connectivity index (χ3v) is 2.09. The molecule has 0 radical (unpaired) electrons. The number of rotatable bonds is 7. The first-order valence-electron chi connectivity index (χ1n) is 4.47. The lowest BCUT2D eigenvalue weighted by atomic mass is 9.82. The highest BCUT2D eigenvalue weighted by Gasteiger charge is 2.43. The quantitative estimate of drug-likeness (QED) is 0.351. The van der Waals surface area contributed by atoms with E-state index in [9.17, 15) is 13.6 Å². The maximum Gasteiger partial charge on any atom is 0.451 e. The molecule has 8 heteroatoms. The van der Waals surface area contributed by atoms with Crippen LogP contribution in [-0.4, -0.2) is 40.2 Å². The van der Waals surface area contributed by atoms with Crippen LogP contribution in [0.3, 0.4) is 0 Å². The first kappa shape index (κ1) is 14.3. The van der Waals surface area contributed by atoms with Gasteiger partial charge in [-0.3, -0.25) is 0 Å². The molecule has 5 N–H and O–H groups in total. The summed E-state index contributed by atoms with van der Waals surface area (Å²) in [4.78, 5) is 10.5. The summed E-state index contributed by atoms with van der Waals surface area (Å²) >= 11 is 0. The molecule has 0 heterocycles. The summed E-state index contributed by atoms with van der Waals surface area (Å²) in [7, 11) is -1.51. The van der Waals surface area contributed by atoms with Gasteiger partial charge in [0.1, 0.15) is 0 Å². The SMILES string of the molecule is N[C@@](CCCCB(O)O)(C(=O)O)C(F)F. The molecule has 88 valence electrons. The fraction of sp³-hybridized carbons (Fsp3) is 0.857.